The molecule has 0 unspecified atom stereocenters. The van der Waals surface area contributed by atoms with Crippen LogP contribution in [0.2, 0.25) is 0 Å². The van der Waals surface area contributed by atoms with Gasteiger partial charge in [0, 0.05) is 26.3 Å². The van der Waals surface area contributed by atoms with E-state index in [1.807, 2.05) is 25.1 Å². The maximum absolute atomic E-state index is 5.46. The summed E-state index contributed by atoms with van der Waals surface area (Å²) in [6.07, 6.45) is 1.66. The molecule has 0 fully saturated rings. The van der Waals surface area contributed by atoms with Crippen LogP contribution in [0.1, 0.15) is 0 Å². The van der Waals surface area contributed by atoms with Gasteiger partial charge >= 0.3 is 0 Å². The number of hydrogen-bond donors (Lipinski definition) is 2. The Bertz CT molecular complexity index is 262. The van der Waals surface area contributed by atoms with Crippen molar-refractivity contribution in [3.8, 4) is 0 Å². The lowest BCUT2D eigenvalue weighted by Gasteiger charge is -2.17. The molecule has 1 heterocycles. The van der Waals surface area contributed by atoms with Gasteiger partial charge in [0.15, 0.2) is 0 Å². The molecule has 0 aliphatic heterocycles. The normalized spacial score (nSPS) is 10.0. The highest BCUT2D eigenvalue weighted by Crippen LogP contribution is 2.07. The smallest absolute Gasteiger partial charge is 0.221 e. The van der Waals surface area contributed by atoms with Gasteiger partial charge in [-0.15, -0.1) is 0 Å². The highest BCUT2D eigenvalue weighted by atomic mass is 15.2. The van der Waals surface area contributed by atoms with Crippen molar-refractivity contribution in [2.24, 2.45) is 0 Å². The van der Waals surface area contributed by atoms with Crippen LogP contribution in [-0.2, 0) is 0 Å². The summed E-state index contributed by atoms with van der Waals surface area (Å²) in [6.45, 7) is 1.81. The van der Waals surface area contributed by atoms with Crippen molar-refractivity contribution in [3.63, 3.8) is 0 Å². The summed E-state index contributed by atoms with van der Waals surface area (Å²) in [6, 6.07) is 1.84. The Hall–Kier alpha value is -1.36. The van der Waals surface area contributed by atoms with Crippen LogP contribution in [0.4, 0.5) is 11.8 Å². The summed E-state index contributed by atoms with van der Waals surface area (Å²) in [5.74, 6) is 1.16. The quantitative estimate of drug-likeness (QED) is 0.668. The molecule has 1 rings (SSSR count). The zero-order valence-corrected chi connectivity index (χ0v) is 7.99. The van der Waals surface area contributed by atoms with Gasteiger partial charge in [-0.1, -0.05) is 0 Å². The molecule has 0 saturated carbocycles. The highest BCUT2D eigenvalue weighted by Gasteiger charge is 2.01. The molecule has 0 aromatic carbocycles. The first kappa shape index (κ1) is 9.73. The molecular formula is C8H15N5. The minimum absolute atomic E-state index is 0.314. The SMILES string of the molecule is CNCCN(C)c1ccnc(N)n1. The summed E-state index contributed by atoms with van der Waals surface area (Å²) in [5.41, 5.74) is 5.46. The number of nitrogen functional groups attached to an aromatic ring is 1. The number of nitrogens with zero attached hydrogens (tertiary/aromatic N) is 3. The van der Waals surface area contributed by atoms with Gasteiger partial charge in [0.05, 0.1) is 0 Å². The third-order valence-corrected chi connectivity index (χ3v) is 1.75. The van der Waals surface area contributed by atoms with E-state index in [9.17, 15) is 0 Å². The molecule has 5 nitrogen and oxygen atoms in total. The largest absolute Gasteiger partial charge is 0.368 e. The second-order valence-electron chi connectivity index (χ2n) is 2.80. The first-order valence-electron chi connectivity index (χ1n) is 4.18. The predicted octanol–water partition coefficient (Wildman–Crippen LogP) is -0.286. The van der Waals surface area contributed by atoms with Gasteiger partial charge < -0.3 is 16.0 Å². The second-order valence-corrected chi connectivity index (χ2v) is 2.80. The van der Waals surface area contributed by atoms with Crippen molar-refractivity contribution in [3.05, 3.63) is 12.3 Å². The van der Waals surface area contributed by atoms with E-state index in [1.165, 1.54) is 0 Å². The Kier molecular flexibility index (Phi) is 3.45. The molecule has 0 spiro atoms. The Morgan fingerprint density at radius 3 is 3.00 bits per heavy atom. The number of likely N-dealkylation sites (N-methyl/N-ethyl adjacent to an activating group) is 2. The number of rotatable bonds is 4. The lowest BCUT2D eigenvalue weighted by Crippen LogP contribution is -2.27. The number of nitrogens with two attached hydrogens (primary N) is 1. The van der Waals surface area contributed by atoms with Gasteiger partial charge in [0.1, 0.15) is 5.82 Å². The molecule has 0 saturated heterocycles. The van der Waals surface area contributed by atoms with Gasteiger partial charge in [0.2, 0.25) is 5.95 Å². The molecule has 5 heteroatoms. The Balaban J connectivity index is 2.60. The van der Waals surface area contributed by atoms with Gasteiger partial charge in [-0.05, 0) is 13.1 Å². The zero-order valence-electron chi connectivity index (χ0n) is 7.99. The molecule has 1 aromatic rings. The average molecular weight is 181 g/mol. The Morgan fingerprint density at radius 1 is 1.62 bits per heavy atom. The molecule has 13 heavy (non-hydrogen) atoms. The second kappa shape index (κ2) is 4.61. The summed E-state index contributed by atoms with van der Waals surface area (Å²) in [4.78, 5) is 9.94. The summed E-state index contributed by atoms with van der Waals surface area (Å²) in [5, 5.41) is 3.07. The molecule has 0 radical (unpaired) electrons. The van der Waals surface area contributed by atoms with E-state index in [0.29, 0.717) is 5.95 Å². The van der Waals surface area contributed by atoms with Crippen molar-refractivity contribution in [1.29, 1.82) is 0 Å². The van der Waals surface area contributed by atoms with E-state index in [0.717, 1.165) is 18.9 Å². The standard InChI is InChI=1S/C8H15N5/c1-10-5-6-13(2)7-3-4-11-8(9)12-7/h3-4,10H,5-6H2,1-2H3,(H2,9,11,12). The summed E-state index contributed by atoms with van der Waals surface area (Å²) in [7, 11) is 3.89. The zero-order chi connectivity index (χ0) is 9.68. The fourth-order valence-electron chi connectivity index (χ4n) is 0.970. The van der Waals surface area contributed by atoms with Crippen molar-refractivity contribution < 1.29 is 0 Å². The average Bonchev–Trinajstić information content (AvgIpc) is 2.14. The predicted molar refractivity (Wildman–Crippen MR) is 53.6 cm³/mol. The van der Waals surface area contributed by atoms with Crippen molar-refractivity contribution in [2.45, 2.75) is 0 Å². The topological polar surface area (TPSA) is 67.1 Å². The molecule has 0 bridgehead atoms. The molecule has 72 valence electrons. The van der Waals surface area contributed by atoms with Crippen LogP contribution in [0.25, 0.3) is 0 Å². The van der Waals surface area contributed by atoms with Crippen LogP contribution in [0.5, 0.6) is 0 Å². The summed E-state index contributed by atoms with van der Waals surface area (Å²) < 4.78 is 0. The first-order valence-corrected chi connectivity index (χ1v) is 4.18. The van der Waals surface area contributed by atoms with Crippen LogP contribution in [-0.4, -0.2) is 37.2 Å². The maximum Gasteiger partial charge on any atom is 0.221 e. The lowest BCUT2D eigenvalue weighted by molar-refractivity contribution is 0.761. The fraction of sp³-hybridized carbons (Fsp3) is 0.500. The van der Waals surface area contributed by atoms with E-state index in [4.69, 9.17) is 5.73 Å². The molecule has 1 aromatic heterocycles. The maximum atomic E-state index is 5.46. The number of anilines is 2. The Labute approximate surface area is 78.0 Å². The monoisotopic (exact) mass is 181 g/mol. The minimum atomic E-state index is 0.314. The lowest BCUT2D eigenvalue weighted by atomic mass is 10.5. The van der Waals surface area contributed by atoms with E-state index >= 15 is 0 Å². The Morgan fingerprint density at radius 2 is 2.38 bits per heavy atom. The minimum Gasteiger partial charge on any atom is -0.368 e. The molecular weight excluding hydrogens is 166 g/mol. The van der Waals surface area contributed by atoms with Crippen LogP contribution >= 0.6 is 0 Å². The van der Waals surface area contributed by atoms with Crippen molar-refractivity contribution in [2.75, 3.05) is 37.8 Å². The van der Waals surface area contributed by atoms with Crippen LogP contribution in [0.15, 0.2) is 12.3 Å². The molecule has 0 aliphatic carbocycles. The van der Waals surface area contributed by atoms with Gasteiger partial charge in [-0.2, -0.15) is 4.98 Å². The number of hydrogen-bond acceptors (Lipinski definition) is 5. The van der Waals surface area contributed by atoms with Gasteiger partial charge in [-0.25, -0.2) is 4.98 Å². The number of nitrogens with one attached hydrogen (secondary N) is 1. The van der Waals surface area contributed by atoms with Gasteiger partial charge in [-0.3, -0.25) is 0 Å². The van der Waals surface area contributed by atoms with Crippen LogP contribution < -0.4 is 16.0 Å². The summed E-state index contributed by atoms with van der Waals surface area (Å²) >= 11 is 0. The molecule has 0 amide bonds. The third kappa shape index (κ3) is 2.87. The van der Waals surface area contributed by atoms with E-state index in [1.54, 1.807) is 6.20 Å². The van der Waals surface area contributed by atoms with Crippen molar-refractivity contribution >= 4 is 11.8 Å². The van der Waals surface area contributed by atoms with E-state index in [-0.39, 0.29) is 0 Å². The highest BCUT2D eigenvalue weighted by molar-refractivity contribution is 5.39. The third-order valence-electron chi connectivity index (χ3n) is 1.75. The van der Waals surface area contributed by atoms with Crippen molar-refractivity contribution in [1.82, 2.24) is 15.3 Å². The first-order chi connectivity index (χ1) is 6.24. The van der Waals surface area contributed by atoms with Gasteiger partial charge in [0.25, 0.3) is 0 Å². The number of aromatic nitrogens is 2. The van der Waals surface area contributed by atoms with E-state index in [2.05, 4.69) is 15.3 Å². The van der Waals surface area contributed by atoms with E-state index < -0.39 is 0 Å². The molecule has 0 aliphatic rings. The fourth-order valence-corrected chi connectivity index (χ4v) is 0.970. The molecule has 0 atom stereocenters. The van der Waals surface area contributed by atoms with Crippen LogP contribution in [0.3, 0.4) is 0 Å². The molecule has 3 N–H and O–H groups in total. The van der Waals surface area contributed by atoms with Crippen LogP contribution in [0, 0.1) is 0 Å².